The van der Waals surface area contributed by atoms with Crippen LogP contribution in [0.25, 0.3) is 10.8 Å². The molecule has 1 fully saturated rings. The Morgan fingerprint density at radius 3 is 2.52 bits per heavy atom. The first-order chi connectivity index (χ1) is 11.7. The summed E-state index contributed by atoms with van der Waals surface area (Å²) in [5.74, 6) is 0.494. The maximum absolute atomic E-state index is 8.54. The predicted octanol–water partition coefficient (Wildman–Crippen LogP) is 5.02. The summed E-state index contributed by atoms with van der Waals surface area (Å²) in [5, 5.41) is 14.5. The summed E-state index contributed by atoms with van der Waals surface area (Å²) >= 11 is 0. The van der Waals surface area contributed by atoms with Gasteiger partial charge in [-0.25, -0.2) is 0 Å². The molecule has 1 aromatic heterocycles. The first-order valence-corrected chi connectivity index (χ1v) is 9.06. The van der Waals surface area contributed by atoms with Gasteiger partial charge in [0, 0.05) is 34.4 Å². The molecule has 1 aliphatic rings. The first-order valence-electron chi connectivity index (χ1n) is 9.06. The molecule has 3 nitrogen and oxygen atoms in total. The van der Waals surface area contributed by atoms with Crippen molar-refractivity contribution >= 4 is 16.5 Å². The van der Waals surface area contributed by atoms with Crippen LogP contribution in [0.4, 0.5) is 0 Å². The SMILES string of the molecule is Cc1cc2ccncc2cc1C(=N)/C=C\C1CC(C)(C)NC(C)(C)C1. The lowest BCUT2D eigenvalue weighted by atomic mass is 9.75. The highest BCUT2D eigenvalue weighted by Gasteiger charge is 2.36. The zero-order valence-electron chi connectivity index (χ0n) is 16.0. The number of fused-ring (bicyclic) bond motifs is 1. The lowest BCUT2D eigenvalue weighted by molar-refractivity contribution is 0.150. The highest BCUT2D eigenvalue weighted by molar-refractivity contribution is 6.09. The van der Waals surface area contributed by atoms with Crippen LogP contribution in [0.2, 0.25) is 0 Å². The zero-order chi connectivity index (χ0) is 18.2. The Morgan fingerprint density at radius 2 is 1.84 bits per heavy atom. The summed E-state index contributed by atoms with van der Waals surface area (Å²) in [4.78, 5) is 4.20. The number of hydrogen-bond acceptors (Lipinski definition) is 3. The van der Waals surface area contributed by atoms with Gasteiger partial charge < -0.3 is 10.7 Å². The lowest BCUT2D eigenvalue weighted by Gasteiger charge is -2.45. The lowest BCUT2D eigenvalue weighted by Crippen LogP contribution is -2.57. The molecule has 2 heterocycles. The number of allylic oxidation sites excluding steroid dienone is 2. The van der Waals surface area contributed by atoms with Crippen LogP contribution in [0.1, 0.15) is 51.7 Å². The van der Waals surface area contributed by atoms with Crippen molar-refractivity contribution in [1.29, 1.82) is 5.41 Å². The van der Waals surface area contributed by atoms with Crippen molar-refractivity contribution in [3.05, 3.63) is 53.9 Å². The van der Waals surface area contributed by atoms with Crippen LogP contribution in [-0.2, 0) is 0 Å². The molecule has 25 heavy (non-hydrogen) atoms. The molecule has 0 atom stereocenters. The van der Waals surface area contributed by atoms with E-state index in [1.165, 1.54) is 5.39 Å². The van der Waals surface area contributed by atoms with E-state index in [9.17, 15) is 0 Å². The summed E-state index contributed by atoms with van der Waals surface area (Å²) in [5.41, 5.74) is 2.97. The van der Waals surface area contributed by atoms with Crippen molar-refractivity contribution in [2.24, 2.45) is 5.92 Å². The van der Waals surface area contributed by atoms with Gasteiger partial charge in [0.15, 0.2) is 0 Å². The van der Waals surface area contributed by atoms with Gasteiger partial charge in [-0.05, 0) is 82.5 Å². The van der Waals surface area contributed by atoms with E-state index in [0.717, 1.165) is 29.4 Å². The largest absolute Gasteiger partial charge is 0.307 e. The molecule has 132 valence electrons. The summed E-state index contributed by atoms with van der Waals surface area (Å²) in [6, 6.07) is 6.25. The molecule has 0 amide bonds. The Morgan fingerprint density at radius 1 is 1.16 bits per heavy atom. The topological polar surface area (TPSA) is 48.8 Å². The number of nitrogens with zero attached hydrogens (tertiary/aromatic N) is 1. The van der Waals surface area contributed by atoms with Crippen molar-refractivity contribution in [2.75, 3.05) is 0 Å². The summed E-state index contributed by atoms with van der Waals surface area (Å²) in [7, 11) is 0. The minimum atomic E-state index is 0.128. The number of pyridine rings is 1. The van der Waals surface area contributed by atoms with Crippen LogP contribution in [0.15, 0.2) is 42.7 Å². The van der Waals surface area contributed by atoms with Crippen molar-refractivity contribution in [3.63, 3.8) is 0 Å². The fraction of sp³-hybridized carbons (Fsp3) is 0.455. The number of rotatable bonds is 3. The second-order valence-electron chi connectivity index (χ2n) is 8.72. The Labute approximate surface area is 151 Å². The number of aromatic nitrogens is 1. The van der Waals surface area contributed by atoms with Gasteiger partial charge in [0.2, 0.25) is 0 Å². The quantitative estimate of drug-likeness (QED) is 0.773. The average molecular weight is 335 g/mol. The Kier molecular flexibility index (Phi) is 4.54. The highest BCUT2D eigenvalue weighted by Crippen LogP contribution is 2.33. The van der Waals surface area contributed by atoms with Crippen molar-refractivity contribution < 1.29 is 0 Å². The monoisotopic (exact) mass is 335 g/mol. The summed E-state index contributed by atoms with van der Waals surface area (Å²) in [6.07, 6.45) is 10.1. The van der Waals surface area contributed by atoms with Gasteiger partial charge >= 0.3 is 0 Å². The van der Waals surface area contributed by atoms with Crippen molar-refractivity contribution in [1.82, 2.24) is 10.3 Å². The average Bonchev–Trinajstić information content (AvgIpc) is 2.49. The van der Waals surface area contributed by atoms with E-state index >= 15 is 0 Å². The van der Waals surface area contributed by atoms with Crippen LogP contribution in [-0.4, -0.2) is 21.8 Å². The molecule has 0 aliphatic carbocycles. The van der Waals surface area contributed by atoms with Crippen LogP contribution in [0.3, 0.4) is 0 Å². The van der Waals surface area contributed by atoms with E-state index in [1.54, 1.807) is 0 Å². The minimum absolute atomic E-state index is 0.128. The van der Waals surface area contributed by atoms with Gasteiger partial charge in [-0.1, -0.05) is 12.1 Å². The number of benzene rings is 1. The molecule has 2 aromatic rings. The van der Waals surface area contributed by atoms with Crippen LogP contribution < -0.4 is 5.32 Å². The Balaban J connectivity index is 1.82. The summed E-state index contributed by atoms with van der Waals surface area (Å²) in [6.45, 7) is 11.1. The molecule has 0 saturated carbocycles. The minimum Gasteiger partial charge on any atom is -0.307 e. The molecular weight excluding hydrogens is 306 g/mol. The molecular formula is C22H29N3. The van der Waals surface area contributed by atoms with Crippen LogP contribution in [0.5, 0.6) is 0 Å². The molecule has 2 N–H and O–H groups in total. The second-order valence-corrected chi connectivity index (χ2v) is 8.72. The molecule has 1 saturated heterocycles. The smallest absolute Gasteiger partial charge is 0.0612 e. The number of nitrogens with one attached hydrogen (secondary N) is 2. The van der Waals surface area contributed by atoms with Crippen molar-refractivity contribution in [3.8, 4) is 0 Å². The molecule has 1 aromatic carbocycles. The molecule has 1 aliphatic heterocycles. The van der Waals surface area contributed by atoms with E-state index in [-0.39, 0.29) is 11.1 Å². The maximum atomic E-state index is 8.54. The molecule has 0 bridgehead atoms. The van der Waals surface area contributed by atoms with Gasteiger partial charge in [-0.15, -0.1) is 0 Å². The van der Waals surface area contributed by atoms with Gasteiger partial charge in [0.1, 0.15) is 0 Å². The van der Waals surface area contributed by atoms with Gasteiger partial charge in [0.25, 0.3) is 0 Å². The van der Waals surface area contributed by atoms with E-state index in [0.29, 0.717) is 11.6 Å². The first kappa shape index (κ1) is 17.8. The van der Waals surface area contributed by atoms with Crippen LogP contribution >= 0.6 is 0 Å². The Bertz CT molecular complexity index is 814. The van der Waals surface area contributed by atoms with E-state index in [2.05, 4.69) is 63.1 Å². The molecule has 3 rings (SSSR count). The predicted molar refractivity (Wildman–Crippen MR) is 106 cm³/mol. The normalized spacial score (nSPS) is 20.2. The third kappa shape index (κ3) is 4.16. The zero-order valence-corrected chi connectivity index (χ0v) is 16.0. The van der Waals surface area contributed by atoms with E-state index in [1.807, 2.05) is 24.5 Å². The fourth-order valence-electron chi connectivity index (χ4n) is 4.40. The van der Waals surface area contributed by atoms with E-state index < -0.39 is 0 Å². The van der Waals surface area contributed by atoms with Gasteiger partial charge in [-0.3, -0.25) is 4.98 Å². The van der Waals surface area contributed by atoms with Crippen molar-refractivity contribution in [2.45, 2.75) is 58.5 Å². The Hall–Kier alpha value is -2.00. The number of hydrogen-bond donors (Lipinski definition) is 2. The molecule has 3 heteroatoms. The fourth-order valence-corrected chi connectivity index (χ4v) is 4.40. The van der Waals surface area contributed by atoms with Gasteiger partial charge in [0.05, 0.1) is 5.71 Å². The maximum Gasteiger partial charge on any atom is 0.0612 e. The number of piperidine rings is 1. The highest BCUT2D eigenvalue weighted by atomic mass is 15.0. The van der Waals surface area contributed by atoms with E-state index in [4.69, 9.17) is 5.41 Å². The number of aryl methyl sites for hydroxylation is 1. The standard InChI is InChI=1S/C22H29N3/c1-15-10-17-8-9-24-14-18(17)11-19(15)20(23)7-6-16-12-21(2,3)25-22(4,5)13-16/h6-11,14,16,23,25H,12-13H2,1-5H3/b7-6-,23-20?. The molecule has 0 unspecified atom stereocenters. The third-order valence-electron chi connectivity index (χ3n) is 5.03. The molecule has 0 radical (unpaired) electrons. The summed E-state index contributed by atoms with van der Waals surface area (Å²) < 4.78 is 0. The van der Waals surface area contributed by atoms with Gasteiger partial charge in [-0.2, -0.15) is 0 Å². The third-order valence-corrected chi connectivity index (χ3v) is 5.03. The second kappa shape index (κ2) is 6.38. The molecule has 0 spiro atoms. The van der Waals surface area contributed by atoms with Crippen LogP contribution in [0, 0.1) is 18.3 Å².